The minimum absolute atomic E-state index is 0.307. The van der Waals surface area contributed by atoms with Crippen LogP contribution in [0.3, 0.4) is 0 Å². The Balaban J connectivity index is 1.52. The van der Waals surface area contributed by atoms with Crippen LogP contribution >= 0.6 is 0 Å². The average molecular weight is 619 g/mol. The Morgan fingerprint density at radius 2 is 1.09 bits per heavy atom. The van der Waals surface area contributed by atoms with Gasteiger partial charge in [0.15, 0.2) is 5.69 Å². The number of hydrogen-bond acceptors (Lipinski definition) is 4. The Morgan fingerprint density at radius 3 is 1.61 bits per heavy atom. The van der Waals surface area contributed by atoms with Gasteiger partial charge in [0.25, 0.3) is 0 Å². The second-order valence-electron chi connectivity index (χ2n) is 13.1. The average Bonchev–Trinajstić information content (AvgIpc) is 3.64. The number of hydrogen-bond donors (Lipinski definition) is 0. The molecule has 0 amide bonds. The monoisotopic (exact) mass is 618 g/mol. The van der Waals surface area contributed by atoms with E-state index in [1.807, 2.05) is 0 Å². The number of aromatic nitrogens is 4. The molecule has 0 saturated carbocycles. The molecule has 0 spiro atoms. The lowest BCUT2D eigenvalue weighted by Crippen LogP contribution is -2.32. The van der Waals surface area contributed by atoms with E-state index in [2.05, 4.69) is 90.3 Å². The van der Waals surface area contributed by atoms with E-state index in [4.69, 9.17) is 9.72 Å². The molecule has 4 heterocycles. The molecule has 0 atom stereocenters. The lowest BCUT2D eigenvalue weighted by molar-refractivity contribution is 0.0245. The van der Waals surface area contributed by atoms with Crippen molar-refractivity contribution in [1.29, 1.82) is 0 Å². The van der Waals surface area contributed by atoms with Crippen LogP contribution in [-0.4, -0.2) is 25.1 Å². The van der Waals surface area contributed by atoms with Gasteiger partial charge in [-0.3, -0.25) is 4.98 Å². The molecule has 0 saturated heterocycles. The number of rotatable bonds is 16. The molecule has 3 aromatic heterocycles. The molecule has 0 N–H and O–H groups in total. The molecule has 0 aliphatic carbocycles. The molecule has 0 radical (unpaired) electrons. The van der Waals surface area contributed by atoms with Crippen LogP contribution in [0.4, 0.5) is 0 Å². The maximum atomic E-state index is 13.8. The van der Waals surface area contributed by atoms with E-state index in [0.29, 0.717) is 11.4 Å². The van der Waals surface area contributed by atoms with Crippen LogP contribution in [0.5, 0.6) is 0 Å². The number of esters is 1. The SMILES string of the molecule is CCCCCCCCn1c(C)c(C2(c3c(C)n(CCCCCCCC)c4ccccc34)OC(=O)c3nccnc32)c2ccccc21. The first kappa shape index (κ1) is 32.0. The lowest BCUT2D eigenvalue weighted by atomic mass is 9.80. The fourth-order valence-electron chi connectivity index (χ4n) is 7.87. The molecule has 5 aromatic rings. The number of para-hydroxylation sites is 2. The van der Waals surface area contributed by atoms with Crippen LogP contribution < -0.4 is 0 Å². The lowest BCUT2D eigenvalue weighted by Gasteiger charge is -2.30. The van der Waals surface area contributed by atoms with Gasteiger partial charge in [-0.2, -0.15) is 0 Å². The molecular formula is C40H50N4O2. The maximum absolute atomic E-state index is 13.8. The summed E-state index contributed by atoms with van der Waals surface area (Å²) in [5.41, 5.74) is 6.28. The Morgan fingerprint density at radius 1 is 0.630 bits per heavy atom. The number of unbranched alkanes of at least 4 members (excludes halogenated alkanes) is 10. The zero-order chi connectivity index (χ0) is 32.1. The number of nitrogens with zero attached hydrogens (tertiary/aromatic N) is 4. The highest BCUT2D eigenvalue weighted by Crippen LogP contribution is 2.53. The van der Waals surface area contributed by atoms with Gasteiger partial charge in [0.05, 0.1) is 0 Å². The summed E-state index contributed by atoms with van der Waals surface area (Å²) in [7, 11) is 0. The molecule has 46 heavy (non-hydrogen) atoms. The molecule has 1 aliphatic heterocycles. The van der Waals surface area contributed by atoms with Gasteiger partial charge in [0.2, 0.25) is 5.60 Å². The molecular weight excluding hydrogens is 568 g/mol. The first-order valence-electron chi connectivity index (χ1n) is 17.8. The number of fused-ring (bicyclic) bond motifs is 3. The summed E-state index contributed by atoms with van der Waals surface area (Å²) in [5.74, 6) is -0.414. The molecule has 0 unspecified atom stereocenters. The Bertz CT molecular complexity index is 1710. The third-order valence-electron chi connectivity index (χ3n) is 10.1. The topological polar surface area (TPSA) is 61.9 Å². The van der Waals surface area contributed by atoms with Crippen molar-refractivity contribution < 1.29 is 9.53 Å². The van der Waals surface area contributed by atoms with E-state index < -0.39 is 11.6 Å². The number of aryl methyl sites for hydroxylation is 2. The molecule has 0 bridgehead atoms. The smallest absolute Gasteiger partial charge is 0.360 e. The molecule has 6 rings (SSSR count). The minimum Gasteiger partial charge on any atom is -0.437 e. The van der Waals surface area contributed by atoms with Gasteiger partial charge in [-0.15, -0.1) is 0 Å². The normalized spacial score (nSPS) is 14.0. The zero-order valence-electron chi connectivity index (χ0n) is 28.3. The van der Waals surface area contributed by atoms with Gasteiger partial charge in [-0.25, -0.2) is 9.78 Å². The van der Waals surface area contributed by atoms with E-state index in [0.717, 1.165) is 59.2 Å². The second-order valence-corrected chi connectivity index (χ2v) is 13.1. The van der Waals surface area contributed by atoms with Gasteiger partial charge in [-0.1, -0.05) is 114 Å². The second kappa shape index (κ2) is 14.2. The maximum Gasteiger partial charge on any atom is 0.360 e. The van der Waals surface area contributed by atoms with Gasteiger partial charge < -0.3 is 13.9 Å². The molecule has 242 valence electrons. The summed E-state index contributed by atoms with van der Waals surface area (Å²) >= 11 is 0. The standard InChI is InChI=1S/C40H50N4O2/c1-5-7-9-11-13-19-27-43-29(3)35(31-21-15-17-23-33(31)43)40(38-37(39(45)46-40)41-25-26-42-38)36-30(4)44(28-20-14-12-10-8-6-2)34-24-18-16-22-32(34)36/h15-18,21-26H,5-14,19-20,27-28H2,1-4H3. The van der Waals surface area contributed by atoms with Crippen LogP contribution in [0.2, 0.25) is 0 Å². The largest absolute Gasteiger partial charge is 0.437 e. The number of benzene rings is 2. The molecule has 1 aliphatic rings. The third-order valence-corrected chi connectivity index (χ3v) is 10.1. The molecule has 6 nitrogen and oxygen atoms in total. The van der Waals surface area contributed by atoms with Gasteiger partial charge in [-0.05, 0) is 38.8 Å². The summed E-state index contributed by atoms with van der Waals surface area (Å²) in [4.78, 5) is 23.2. The highest BCUT2D eigenvalue weighted by atomic mass is 16.6. The summed E-state index contributed by atoms with van der Waals surface area (Å²) in [5, 5.41) is 2.20. The van der Waals surface area contributed by atoms with Gasteiger partial charge >= 0.3 is 5.97 Å². The van der Waals surface area contributed by atoms with Crippen molar-refractivity contribution in [3.05, 3.63) is 94.8 Å². The quantitative estimate of drug-likeness (QED) is 0.0815. The highest BCUT2D eigenvalue weighted by Gasteiger charge is 2.55. The van der Waals surface area contributed by atoms with Crippen molar-refractivity contribution in [2.24, 2.45) is 0 Å². The van der Waals surface area contributed by atoms with Crippen molar-refractivity contribution in [3.63, 3.8) is 0 Å². The Labute approximate surface area is 274 Å². The van der Waals surface area contributed by atoms with E-state index in [-0.39, 0.29) is 0 Å². The van der Waals surface area contributed by atoms with Crippen molar-refractivity contribution in [3.8, 4) is 0 Å². The molecule has 6 heteroatoms. The van der Waals surface area contributed by atoms with E-state index >= 15 is 0 Å². The Hall–Kier alpha value is -3.93. The summed E-state index contributed by atoms with van der Waals surface area (Å²) in [6.07, 6.45) is 18.2. The Kier molecular flexibility index (Phi) is 9.91. The molecule has 2 aromatic carbocycles. The highest BCUT2D eigenvalue weighted by molar-refractivity contribution is 5.99. The summed E-state index contributed by atoms with van der Waals surface area (Å²) < 4.78 is 11.6. The fourth-order valence-corrected chi connectivity index (χ4v) is 7.87. The first-order valence-corrected chi connectivity index (χ1v) is 17.8. The van der Waals surface area contributed by atoms with Crippen LogP contribution in [0.1, 0.15) is 130 Å². The number of carbonyl (C=O) groups excluding carboxylic acids is 1. The van der Waals surface area contributed by atoms with Gasteiger partial charge in [0, 0.05) is 69.8 Å². The van der Waals surface area contributed by atoms with Crippen LogP contribution in [0.25, 0.3) is 21.8 Å². The van der Waals surface area contributed by atoms with Crippen LogP contribution in [-0.2, 0) is 23.4 Å². The van der Waals surface area contributed by atoms with Crippen molar-refractivity contribution in [2.75, 3.05) is 0 Å². The summed E-state index contributed by atoms with van der Waals surface area (Å²) in [6.45, 7) is 10.8. The van der Waals surface area contributed by atoms with Crippen LogP contribution in [0, 0.1) is 13.8 Å². The fraction of sp³-hybridized carbons (Fsp3) is 0.475. The summed E-state index contributed by atoms with van der Waals surface area (Å²) in [6, 6.07) is 17.2. The third kappa shape index (κ3) is 5.65. The van der Waals surface area contributed by atoms with E-state index in [9.17, 15) is 4.79 Å². The van der Waals surface area contributed by atoms with Crippen LogP contribution in [0.15, 0.2) is 60.9 Å². The minimum atomic E-state index is -1.22. The number of cyclic esters (lactones) is 1. The van der Waals surface area contributed by atoms with Crippen molar-refractivity contribution >= 4 is 27.8 Å². The predicted molar refractivity (Wildman–Crippen MR) is 187 cm³/mol. The number of ether oxygens (including phenoxy) is 1. The predicted octanol–water partition coefficient (Wildman–Crippen LogP) is 10.2. The van der Waals surface area contributed by atoms with E-state index in [1.54, 1.807) is 12.4 Å². The van der Waals surface area contributed by atoms with Crippen molar-refractivity contribution in [2.45, 2.75) is 123 Å². The van der Waals surface area contributed by atoms with Crippen molar-refractivity contribution in [1.82, 2.24) is 19.1 Å². The zero-order valence-corrected chi connectivity index (χ0v) is 28.3. The number of carbonyl (C=O) groups is 1. The molecule has 0 fully saturated rings. The van der Waals surface area contributed by atoms with E-state index in [1.165, 1.54) is 75.2 Å². The van der Waals surface area contributed by atoms with Gasteiger partial charge in [0.1, 0.15) is 5.69 Å². The first-order chi connectivity index (χ1) is 22.5.